The molecule has 0 radical (unpaired) electrons. The van der Waals surface area contributed by atoms with Gasteiger partial charge in [-0.2, -0.15) is 0 Å². The van der Waals surface area contributed by atoms with Crippen molar-refractivity contribution in [2.24, 2.45) is 5.92 Å². The number of aromatic nitrogens is 1. The minimum absolute atomic E-state index is 0.0344. The van der Waals surface area contributed by atoms with Gasteiger partial charge in [-0.3, -0.25) is 9.59 Å². The molecule has 2 aromatic carbocycles. The molecule has 0 spiro atoms. The largest absolute Gasteiger partial charge is 0.375 e. The average Bonchev–Trinajstić information content (AvgIpc) is 3.29. The summed E-state index contributed by atoms with van der Waals surface area (Å²) in [6.07, 6.45) is 5.95. The quantitative estimate of drug-likeness (QED) is 0.494. The number of nitrogens with one attached hydrogen (secondary N) is 1. The van der Waals surface area contributed by atoms with Gasteiger partial charge in [-0.05, 0) is 37.0 Å². The van der Waals surface area contributed by atoms with Crippen LogP contribution in [0.5, 0.6) is 0 Å². The summed E-state index contributed by atoms with van der Waals surface area (Å²) in [7, 11) is 0. The Morgan fingerprint density at radius 3 is 2.42 bits per heavy atom. The second-order valence-corrected chi connectivity index (χ2v) is 9.42. The number of thiazole rings is 1. The van der Waals surface area contributed by atoms with Crippen LogP contribution in [0.1, 0.15) is 37.7 Å². The summed E-state index contributed by atoms with van der Waals surface area (Å²) in [5, 5.41) is 5.37. The van der Waals surface area contributed by atoms with Crippen LogP contribution >= 0.6 is 11.3 Å². The number of benzene rings is 2. The first kappa shape index (κ1) is 23.0. The Bertz CT molecular complexity index is 1060. The molecule has 3 N–H and O–H groups in total. The summed E-state index contributed by atoms with van der Waals surface area (Å²) in [5.41, 5.74) is 9.34. The van der Waals surface area contributed by atoms with Crippen LogP contribution < -0.4 is 11.1 Å². The highest BCUT2D eigenvalue weighted by molar-refractivity contribution is 7.13. The molecule has 2 amide bonds. The Kier molecular flexibility index (Phi) is 7.73. The Hall–Kier alpha value is -3.19. The van der Waals surface area contributed by atoms with Crippen LogP contribution in [0.2, 0.25) is 0 Å². The number of carbonyl (C=O) groups is 2. The maximum Gasteiger partial charge on any atom is 0.243 e. The van der Waals surface area contributed by atoms with Crippen LogP contribution in [0.15, 0.2) is 60.0 Å². The molecule has 33 heavy (non-hydrogen) atoms. The van der Waals surface area contributed by atoms with E-state index in [-0.39, 0.29) is 24.3 Å². The monoisotopic (exact) mass is 462 g/mol. The summed E-state index contributed by atoms with van der Waals surface area (Å²) in [6, 6.07) is 17.6. The highest BCUT2D eigenvalue weighted by atomic mass is 32.1. The summed E-state index contributed by atoms with van der Waals surface area (Å²) < 4.78 is 0. The third kappa shape index (κ3) is 6.42. The molecule has 0 bridgehead atoms. The number of anilines is 2. The van der Waals surface area contributed by atoms with E-state index in [4.69, 9.17) is 5.73 Å². The number of hydrogen-bond donors (Lipinski definition) is 2. The molecule has 4 rings (SSSR count). The van der Waals surface area contributed by atoms with Crippen molar-refractivity contribution in [3.63, 3.8) is 0 Å². The molecule has 0 unspecified atom stereocenters. The van der Waals surface area contributed by atoms with Gasteiger partial charge in [0.2, 0.25) is 11.8 Å². The van der Waals surface area contributed by atoms with Gasteiger partial charge in [0, 0.05) is 29.1 Å². The van der Waals surface area contributed by atoms with Crippen LogP contribution in [-0.2, 0) is 16.0 Å². The Morgan fingerprint density at radius 2 is 1.76 bits per heavy atom. The normalized spacial score (nSPS) is 14.1. The van der Waals surface area contributed by atoms with E-state index in [2.05, 4.69) is 22.4 Å². The molecule has 0 saturated heterocycles. The van der Waals surface area contributed by atoms with E-state index < -0.39 is 0 Å². The molecule has 1 heterocycles. The first-order valence-electron chi connectivity index (χ1n) is 11.5. The van der Waals surface area contributed by atoms with Crippen LogP contribution in [0, 0.1) is 5.92 Å². The first-order valence-corrected chi connectivity index (χ1v) is 12.4. The number of nitrogen functional groups attached to an aromatic ring is 1. The zero-order valence-electron chi connectivity index (χ0n) is 18.7. The van der Waals surface area contributed by atoms with Gasteiger partial charge in [0.05, 0.1) is 12.2 Å². The van der Waals surface area contributed by atoms with E-state index in [9.17, 15) is 9.59 Å². The molecule has 1 aliphatic carbocycles. The number of carbonyl (C=O) groups excluding carboxylic acids is 2. The van der Waals surface area contributed by atoms with E-state index in [0.29, 0.717) is 17.4 Å². The van der Waals surface area contributed by atoms with E-state index in [1.165, 1.54) is 17.8 Å². The third-order valence-electron chi connectivity index (χ3n) is 6.10. The second-order valence-electron chi connectivity index (χ2n) is 8.53. The fraction of sp³-hybridized carbons (Fsp3) is 0.346. The lowest BCUT2D eigenvalue weighted by atomic mass is 9.88. The van der Waals surface area contributed by atoms with E-state index in [1.807, 2.05) is 47.8 Å². The fourth-order valence-electron chi connectivity index (χ4n) is 4.30. The summed E-state index contributed by atoms with van der Waals surface area (Å²) >= 11 is 1.40. The van der Waals surface area contributed by atoms with Crippen molar-refractivity contribution in [2.75, 3.05) is 24.1 Å². The van der Waals surface area contributed by atoms with Gasteiger partial charge >= 0.3 is 0 Å². The van der Waals surface area contributed by atoms with Crippen molar-refractivity contribution in [1.82, 2.24) is 9.88 Å². The lowest BCUT2D eigenvalue weighted by Crippen LogP contribution is -2.43. The molecule has 1 aliphatic rings. The van der Waals surface area contributed by atoms with Crippen molar-refractivity contribution in [1.29, 1.82) is 0 Å². The maximum atomic E-state index is 13.2. The standard InChI is InChI=1S/C26H30N4O2S/c27-26-29-23(18-33-26)20-11-13-22(14-12-20)28-24(31)17-30(16-15-19-7-3-1-4-8-19)25(32)21-9-5-2-6-10-21/h1,3-4,7-8,11-14,18,21H,2,5-6,9-10,15-17H2,(H2,27,29)(H,28,31). The topological polar surface area (TPSA) is 88.3 Å². The SMILES string of the molecule is Nc1nc(-c2ccc(NC(=O)CN(CCc3ccccc3)C(=O)C3CCCCC3)cc2)cs1. The minimum atomic E-state index is -0.183. The predicted octanol–water partition coefficient (Wildman–Crippen LogP) is 4.98. The smallest absolute Gasteiger partial charge is 0.243 e. The van der Waals surface area contributed by atoms with Crippen molar-refractivity contribution >= 4 is 34.0 Å². The van der Waals surface area contributed by atoms with Crippen LogP contribution in [0.25, 0.3) is 11.3 Å². The van der Waals surface area contributed by atoms with Gasteiger partial charge < -0.3 is 16.0 Å². The molecule has 1 aromatic heterocycles. The third-order valence-corrected chi connectivity index (χ3v) is 6.77. The zero-order chi connectivity index (χ0) is 23.0. The van der Waals surface area contributed by atoms with Crippen LogP contribution in [0.4, 0.5) is 10.8 Å². The number of rotatable bonds is 8. The van der Waals surface area contributed by atoms with Gasteiger partial charge in [-0.1, -0.05) is 61.7 Å². The predicted molar refractivity (Wildman–Crippen MR) is 134 cm³/mol. The van der Waals surface area contributed by atoms with Gasteiger partial charge in [-0.15, -0.1) is 11.3 Å². The Balaban J connectivity index is 1.39. The molecule has 1 fully saturated rings. The minimum Gasteiger partial charge on any atom is -0.375 e. The van der Waals surface area contributed by atoms with Crippen molar-refractivity contribution in [3.05, 3.63) is 65.5 Å². The Labute approximate surface area is 198 Å². The Morgan fingerprint density at radius 1 is 1.03 bits per heavy atom. The van der Waals surface area contributed by atoms with E-state index >= 15 is 0 Å². The van der Waals surface area contributed by atoms with Gasteiger partial charge in [0.25, 0.3) is 0 Å². The zero-order valence-corrected chi connectivity index (χ0v) is 19.5. The fourth-order valence-corrected chi connectivity index (χ4v) is 4.87. The number of amides is 2. The van der Waals surface area contributed by atoms with Crippen LogP contribution in [0.3, 0.4) is 0 Å². The highest BCUT2D eigenvalue weighted by Crippen LogP contribution is 2.26. The molecular formula is C26H30N4O2S. The summed E-state index contributed by atoms with van der Waals surface area (Å²) in [4.78, 5) is 32.1. The van der Waals surface area contributed by atoms with Gasteiger partial charge in [-0.25, -0.2) is 4.98 Å². The summed E-state index contributed by atoms with van der Waals surface area (Å²) in [6.45, 7) is 0.601. The first-order chi connectivity index (χ1) is 16.1. The van der Waals surface area contributed by atoms with Gasteiger partial charge in [0.1, 0.15) is 0 Å². The van der Waals surface area contributed by atoms with E-state index in [1.54, 1.807) is 4.90 Å². The number of nitrogens with two attached hydrogens (primary N) is 1. The highest BCUT2D eigenvalue weighted by Gasteiger charge is 2.27. The van der Waals surface area contributed by atoms with Crippen molar-refractivity contribution < 1.29 is 9.59 Å². The van der Waals surface area contributed by atoms with Crippen molar-refractivity contribution in [2.45, 2.75) is 38.5 Å². The lowest BCUT2D eigenvalue weighted by molar-refractivity contribution is -0.139. The van der Waals surface area contributed by atoms with E-state index in [0.717, 1.165) is 48.9 Å². The number of nitrogens with zero attached hydrogens (tertiary/aromatic N) is 2. The van der Waals surface area contributed by atoms with Crippen molar-refractivity contribution in [3.8, 4) is 11.3 Å². The van der Waals surface area contributed by atoms with Gasteiger partial charge in [0.15, 0.2) is 5.13 Å². The second kappa shape index (κ2) is 11.1. The molecule has 0 atom stereocenters. The molecule has 3 aromatic rings. The molecule has 0 aliphatic heterocycles. The molecule has 1 saturated carbocycles. The number of hydrogen-bond acceptors (Lipinski definition) is 5. The summed E-state index contributed by atoms with van der Waals surface area (Å²) in [5.74, 6) is -0.0396. The maximum absolute atomic E-state index is 13.2. The molecule has 6 nitrogen and oxygen atoms in total. The molecule has 172 valence electrons. The lowest BCUT2D eigenvalue weighted by Gasteiger charge is -2.29. The average molecular weight is 463 g/mol. The van der Waals surface area contributed by atoms with Crippen LogP contribution in [-0.4, -0.2) is 34.8 Å². The molecular weight excluding hydrogens is 432 g/mol. The molecule has 7 heteroatoms.